The van der Waals surface area contributed by atoms with E-state index >= 15 is 0 Å². The molecule has 0 radical (unpaired) electrons. The van der Waals surface area contributed by atoms with Crippen molar-refractivity contribution in [3.63, 3.8) is 0 Å². The first-order chi connectivity index (χ1) is 11.7. The van der Waals surface area contributed by atoms with E-state index in [1.165, 1.54) is 18.5 Å². The minimum absolute atomic E-state index is 0.201. The first kappa shape index (κ1) is 14.8. The maximum atomic E-state index is 13.4. The molecule has 2 aliphatic heterocycles. The summed E-state index contributed by atoms with van der Waals surface area (Å²) >= 11 is 0. The lowest BCUT2D eigenvalue weighted by Crippen LogP contribution is -2.47. The van der Waals surface area contributed by atoms with Crippen LogP contribution in [0.25, 0.3) is 0 Å². The van der Waals surface area contributed by atoms with Gasteiger partial charge in [0.2, 0.25) is 5.95 Å². The summed E-state index contributed by atoms with van der Waals surface area (Å²) in [6, 6.07) is 7.21. The second-order valence-electron chi connectivity index (χ2n) is 6.04. The minimum Gasteiger partial charge on any atom is -0.365 e. The largest absolute Gasteiger partial charge is 0.365 e. The van der Waals surface area contributed by atoms with Gasteiger partial charge >= 0.3 is 0 Å². The maximum Gasteiger partial charge on any atom is 0.277 e. The molecule has 1 aromatic carbocycles. The Labute approximate surface area is 137 Å². The Kier molecular flexibility index (Phi) is 3.53. The number of amides is 1. The van der Waals surface area contributed by atoms with Gasteiger partial charge in [0, 0.05) is 37.2 Å². The molecule has 7 nitrogen and oxygen atoms in total. The number of carbonyl (C=O) groups excluding carboxylic acids is 1. The van der Waals surface area contributed by atoms with E-state index in [2.05, 4.69) is 19.8 Å². The fraction of sp³-hybridized carbons (Fsp3) is 0.312. The number of halogens is 1. The van der Waals surface area contributed by atoms with Gasteiger partial charge in [0.25, 0.3) is 5.91 Å². The van der Waals surface area contributed by atoms with Crippen molar-refractivity contribution in [1.82, 2.24) is 15.4 Å². The SMILES string of the molecule is O=C(NO)c1cnc(N2C[C@H]3C[C@@H]2CN3c2cccc(F)c2)nc1. The van der Waals surface area contributed by atoms with Crippen LogP contribution in [0.4, 0.5) is 16.0 Å². The third-order valence-electron chi connectivity index (χ3n) is 4.64. The van der Waals surface area contributed by atoms with Crippen LogP contribution in [-0.4, -0.2) is 46.3 Å². The number of hydrogen-bond donors (Lipinski definition) is 2. The molecular weight excluding hydrogens is 313 g/mol. The summed E-state index contributed by atoms with van der Waals surface area (Å²) in [5, 5.41) is 8.61. The molecule has 2 atom stereocenters. The molecule has 0 spiro atoms. The van der Waals surface area contributed by atoms with E-state index < -0.39 is 5.91 Å². The Morgan fingerprint density at radius 3 is 2.54 bits per heavy atom. The summed E-state index contributed by atoms with van der Waals surface area (Å²) in [5.74, 6) is -0.300. The van der Waals surface area contributed by atoms with Crippen LogP contribution in [0.5, 0.6) is 0 Å². The molecule has 1 aromatic heterocycles. The zero-order valence-corrected chi connectivity index (χ0v) is 12.8. The van der Waals surface area contributed by atoms with Gasteiger partial charge < -0.3 is 9.80 Å². The number of nitrogens with zero attached hydrogens (tertiary/aromatic N) is 4. The van der Waals surface area contributed by atoms with Gasteiger partial charge in [0.1, 0.15) is 5.82 Å². The van der Waals surface area contributed by atoms with E-state index in [0.29, 0.717) is 12.0 Å². The van der Waals surface area contributed by atoms with E-state index in [1.54, 1.807) is 17.6 Å². The molecule has 24 heavy (non-hydrogen) atoms. The third-order valence-corrected chi connectivity index (χ3v) is 4.64. The van der Waals surface area contributed by atoms with Crippen molar-refractivity contribution in [2.75, 3.05) is 22.9 Å². The van der Waals surface area contributed by atoms with Crippen LogP contribution < -0.4 is 15.3 Å². The number of nitrogens with one attached hydrogen (secondary N) is 1. The summed E-state index contributed by atoms with van der Waals surface area (Å²) in [6.45, 7) is 1.54. The van der Waals surface area contributed by atoms with E-state index in [1.807, 2.05) is 6.07 Å². The van der Waals surface area contributed by atoms with Gasteiger partial charge in [-0.1, -0.05) is 6.07 Å². The zero-order chi connectivity index (χ0) is 16.7. The molecule has 1 amide bonds. The van der Waals surface area contributed by atoms with Gasteiger partial charge in [0.15, 0.2) is 0 Å². The molecular formula is C16H16FN5O2. The van der Waals surface area contributed by atoms with E-state index in [-0.39, 0.29) is 17.4 Å². The average molecular weight is 329 g/mol. The average Bonchev–Trinajstić information content (AvgIpc) is 3.22. The fourth-order valence-corrected chi connectivity index (χ4v) is 3.53. The standard InChI is InChI=1S/C16H16FN5O2/c17-11-2-1-3-12(4-11)21-8-14-5-13(21)9-22(14)16-18-6-10(7-19-16)15(23)20-24/h1-4,6-7,13-14,24H,5,8-9H2,(H,20,23)/t13-,14-/m1/s1. The highest BCUT2D eigenvalue weighted by Gasteiger charge is 2.44. The number of carbonyl (C=O) groups is 1. The molecule has 2 N–H and O–H groups in total. The summed E-state index contributed by atoms with van der Waals surface area (Å²) in [7, 11) is 0. The van der Waals surface area contributed by atoms with Gasteiger partial charge in [-0.3, -0.25) is 10.0 Å². The van der Waals surface area contributed by atoms with Crippen LogP contribution >= 0.6 is 0 Å². The summed E-state index contributed by atoms with van der Waals surface area (Å²) in [5.41, 5.74) is 2.66. The zero-order valence-electron chi connectivity index (χ0n) is 12.8. The number of aromatic nitrogens is 2. The number of hydrogen-bond acceptors (Lipinski definition) is 6. The van der Waals surface area contributed by atoms with Crippen molar-refractivity contribution in [2.24, 2.45) is 0 Å². The molecule has 2 aliphatic rings. The van der Waals surface area contributed by atoms with Crippen LogP contribution in [0.2, 0.25) is 0 Å². The lowest BCUT2D eigenvalue weighted by molar-refractivity contribution is 0.0705. The minimum atomic E-state index is -0.637. The topological polar surface area (TPSA) is 81.6 Å². The quantitative estimate of drug-likeness (QED) is 0.650. The van der Waals surface area contributed by atoms with Crippen molar-refractivity contribution in [3.05, 3.63) is 48.0 Å². The molecule has 0 saturated carbocycles. The molecule has 0 unspecified atom stereocenters. The predicted octanol–water partition coefficient (Wildman–Crippen LogP) is 1.20. The van der Waals surface area contributed by atoms with Crippen LogP contribution in [-0.2, 0) is 0 Å². The van der Waals surface area contributed by atoms with Crippen LogP contribution in [0, 0.1) is 5.82 Å². The van der Waals surface area contributed by atoms with Crippen molar-refractivity contribution in [3.8, 4) is 0 Å². The van der Waals surface area contributed by atoms with Gasteiger partial charge in [-0.25, -0.2) is 19.8 Å². The Hall–Kier alpha value is -2.74. The second kappa shape index (κ2) is 5.72. The molecule has 2 fully saturated rings. The number of fused-ring (bicyclic) bond motifs is 2. The normalized spacial score (nSPS) is 22.1. The van der Waals surface area contributed by atoms with Gasteiger partial charge in [-0.2, -0.15) is 0 Å². The van der Waals surface area contributed by atoms with E-state index in [9.17, 15) is 9.18 Å². The Morgan fingerprint density at radius 1 is 1.21 bits per heavy atom. The second-order valence-corrected chi connectivity index (χ2v) is 6.04. The summed E-state index contributed by atoms with van der Waals surface area (Å²) < 4.78 is 13.4. The Balaban J connectivity index is 1.49. The van der Waals surface area contributed by atoms with Gasteiger partial charge in [-0.15, -0.1) is 0 Å². The lowest BCUT2D eigenvalue weighted by atomic mass is 10.2. The Bertz CT molecular complexity index is 769. The molecule has 2 aromatic rings. The van der Waals surface area contributed by atoms with Crippen molar-refractivity contribution in [1.29, 1.82) is 0 Å². The number of benzene rings is 1. The number of hydroxylamine groups is 1. The first-order valence-electron chi connectivity index (χ1n) is 7.71. The molecule has 8 heteroatoms. The molecule has 3 heterocycles. The maximum absolute atomic E-state index is 13.4. The van der Waals surface area contributed by atoms with Crippen LogP contribution in [0.3, 0.4) is 0 Å². The third kappa shape index (κ3) is 2.44. The highest BCUT2D eigenvalue weighted by atomic mass is 19.1. The van der Waals surface area contributed by atoms with Crippen molar-refractivity contribution in [2.45, 2.75) is 18.5 Å². The van der Waals surface area contributed by atoms with Gasteiger partial charge in [0.05, 0.1) is 11.6 Å². The van der Waals surface area contributed by atoms with E-state index in [4.69, 9.17) is 5.21 Å². The highest BCUT2D eigenvalue weighted by molar-refractivity contribution is 5.92. The smallest absolute Gasteiger partial charge is 0.277 e. The highest BCUT2D eigenvalue weighted by Crippen LogP contribution is 2.36. The fourth-order valence-electron chi connectivity index (χ4n) is 3.53. The Morgan fingerprint density at radius 2 is 1.92 bits per heavy atom. The van der Waals surface area contributed by atoms with Crippen molar-refractivity contribution < 1.29 is 14.4 Å². The molecule has 2 bridgehead atoms. The summed E-state index contributed by atoms with van der Waals surface area (Å²) in [6.07, 6.45) is 3.76. The van der Waals surface area contributed by atoms with Crippen molar-refractivity contribution >= 4 is 17.5 Å². The number of piperazine rings is 1. The molecule has 124 valence electrons. The number of rotatable bonds is 3. The predicted molar refractivity (Wildman–Crippen MR) is 84.6 cm³/mol. The molecule has 2 saturated heterocycles. The van der Waals surface area contributed by atoms with Gasteiger partial charge in [-0.05, 0) is 24.6 Å². The number of anilines is 2. The summed E-state index contributed by atoms with van der Waals surface area (Å²) in [4.78, 5) is 24.1. The van der Waals surface area contributed by atoms with Crippen LogP contribution in [0.15, 0.2) is 36.7 Å². The van der Waals surface area contributed by atoms with Crippen LogP contribution in [0.1, 0.15) is 16.8 Å². The first-order valence-corrected chi connectivity index (χ1v) is 7.71. The molecule has 0 aliphatic carbocycles. The molecule has 4 rings (SSSR count). The monoisotopic (exact) mass is 329 g/mol. The van der Waals surface area contributed by atoms with E-state index in [0.717, 1.165) is 25.2 Å². The lowest BCUT2D eigenvalue weighted by Gasteiger charge is -2.35.